The number of anilines is 1. The number of amides is 2. The van der Waals surface area contributed by atoms with Gasteiger partial charge in [-0.25, -0.2) is 0 Å². The Balaban J connectivity index is 1.36. The third-order valence-corrected chi connectivity index (χ3v) is 7.64. The lowest BCUT2D eigenvalue weighted by atomic mass is 9.75. The minimum absolute atomic E-state index is 0.0272. The zero-order valence-electron chi connectivity index (χ0n) is 19.9. The number of nitrogens with zero attached hydrogens (tertiary/aromatic N) is 1. The summed E-state index contributed by atoms with van der Waals surface area (Å²) >= 11 is 0. The average molecular weight is 482 g/mol. The number of carbonyl (C=O) groups is 3. The Morgan fingerprint density at radius 3 is 2.54 bits per heavy atom. The van der Waals surface area contributed by atoms with E-state index in [1.165, 1.54) is 6.26 Å². The molecule has 3 heterocycles. The van der Waals surface area contributed by atoms with Gasteiger partial charge in [0, 0.05) is 30.5 Å². The van der Waals surface area contributed by atoms with E-state index in [0.29, 0.717) is 48.7 Å². The van der Waals surface area contributed by atoms with Gasteiger partial charge < -0.3 is 24.6 Å². The van der Waals surface area contributed by atoms with Crippen LogP contribution in [0.15, 0.2) is 29.0 Å². The second-order valence-corrected chi connectivity index (χ2v) is 9.80. The summed E-state index contributed by atoms with van der Waals surface area (Å²) in [6.07, 6.45) is 8.52. The van der Waals surface area contributed by atoms with Gasteiger partial charge in [-0.3, -0.25) is 14.4 Å². The van der Waals surface area contributed by atoms with E-state index < -0.39 is 11.5 Å². The van der Waals surface area contributed by atoms with Crippen LogP contribution in [0.5, 0.6) is 5.75 Å². The molecule has 35 heavy (non-hydrogen) atoms. The molecule has 1 aromatic heterocycles. The largest absolute Gasteiger partial charge is 0.425 e. The highest BCUT2D eigenvalue weighted by Crippen LogP contribution is 2.47. The predicted octanol–water partition coefficient (Wildman–Crippen LogP) is 3.66. The standard InChI is InChI=1S/C26H31N3O6/c1-16-19(15-34-29-16)23(30)28-22(17-6-4-2-3-5-7-17)24(31)27-18-8-9-20-21(14-18)35-25(32)26(20)10-12-33-13-11-26/h8-9,14-15,17,22H,2-7,10-13H2,1H3,(H,27,31)(H,28,30). The molecule has 2 N–H and O–H groups in total. The fourth-order valence-electron chi connectivity index (χ4n) is 5.57. The molecule has 2 fully saturated rings. The van der Waals surface area contributed by atoms with E-state index in [1.807, 2.05) is 6.07 Å². The number of ether oxygens (including phenoxy) is 2. The molecule has 1 saturated carbocycles. The highest BCUT2D eigenvalue weighted by atomic mass is 16.5. The van der Waals surface area contributed by atoms with Crippen LogP contribution in [0.4, 0.5) is 5.69 Å². The summed E-state index contributed by atoms with van der Waals surface area (Å²) in [6.45, 7) is 2.72. The molecule has 5 rings (SSSR count). The maximum Gasteiger partial charge on any atom is 0.322 e. The molecule has 1 aromatic carbocycles. The highest BCUT2D eigenvalue weighted by molar-refractivity contribution is 6.02. The van der Waals surface area contributed by atoms with Crippen molar-refractivity contribution in [1.29, 1.82) is 0 Å². The molecule has 9 heteroatoms. The summed E-state index contributed by atoms with van der Waals surface area (Å²) in [5, 5.41) is 9.66. The van der Waals surface area contributed by atoms with E-state index >= 15 is 0 Å². The minimum atomic E-state index is -0.701. The second kappa shape index (κ2) is 9.81. The topological polar surface area (TPSA) is 120 Å². The number of aromatic nitrogens is 1. The maximum atomic E-state index is 13.5. The summed E-state index contributed by atoms with van der Waals surface area (Å²) in [5.74, 6) is -0.418. The number of nitrogens with one attached hydrogen (secondary N) is 2. The second-order valence-electron chi connectivity index (χ2n) is 9.80. The summed E-state index contributed by atoms with van der Waals surface area (Å²) < 4.78 is 16.0. The molecular formula is C26H31N3O6. The van der Waals surface area contributed by atoms with Crippen LogP contribution in [0.25, 0.3) is 0 Å². The third-order valence-electron chi connectivity index (χ3n) is 7.64. The van der Waals surface area contributed by atoms with Gasteiger partial charge in [0.05, 0.1) is 5.69 Å². The Labute approximate surface area is 203 Å². The summed E-state index contributed by atoms with van der Waals surface area (Å²) in [4.78, 5) is 39.1. The molecule has 2 aromatic rings. The molecule has 1 saturated heterocycles. The van der Waals surface area contributed by atoms with Crippen molar-refractivity contribution in [2.75, 3.05) is 18.5 Å². The third kappa shape index (κ3) is 4.57. The molecule has 3 aliphatic rings. The first kappa shape index (κ1) is 23.5. The predicted molar refractivity (Wildman–Crippen MR) is 126 cm³/mol. The van der Waals surface area contributed by atoms with Gasteiger partial charge in [-0.1, -0.05) is 36.9 Å². The van der Waals surface area contributed by atoms with Gasteiger partial charge in [-0.05, 0) is 44.6 Å². The number of fused-ring (bicyclic) bond motifs is 2. The van der Waals surface area contributed by atoms with Crippen LogP contribution in [-0.4, -0.2) is 42.2 Å². The van der Waals surface area contributed by atoms with Gasteiger partial charge in [-0.2, -0.15) is 0 Å². The van der Waals surface area contributed by atoms with Gasteiger partial charge in [0.15, 0.2) is 0 Å². The molecule has 2 amide bonds. The Hall–Kier alpha value is -3.20. The van der Waals surface area contributed by atoms with Crippen molar-refractivity contribution in [2.24, 2.45) is 5.92 Å². The van der Waals surface area contributed by atoms with Crippen LogP contribution in [-0.2, 0) is 19.7 Å². The van der Waals surface area contributed by atoms with E-state index in [4.69, 9.17) is 14.0 Å². The molecule has 186 valence electrons. The molecule has 1 aliphatic carbocycles. The number of esters is 1. The monoisotopic (exact) mass is 481 g/mol. The van der Waals surface area contributed by atoms with Gasteiger partial charge >= 0.3 is 5.97 Å². The lowest BCUT2D eigenvalue weighted by molar-refractivity contribution is -0.141. The van der Waals surface area contributed by atoms with E-state index in [1.54, 1.807) is 19.1 Å². The maximum absolute atomic E-state index is 13.5. The number of hydrogen-bond donors (Lipinski definition) is 2. The first-order valence-corrected chi connectivity index (χ1v) is 12.5. The zero-order chi connectivity index (χ0) is 24.4. The number of aryl methyl sites for hydroxylation is 1. The van der Waals surface area contributed by atoms with E-state index in [0.717, 1.165) is 44.1 Å². The van der Waals surface area contributed by atoms with Crippen molar-refractivity contribution >= 4 is 23.5 Å². The normalized spacial score (nSPS) is 20.5. The summed E-state index contributed by atoms with van der Waals surface area (Å²) in [5.41, 5.74) is 1.51. The SMILES string of the molecule is Cc1nocc1C(=O)NC(C(=O)Nc1ccc2c(c1)OC(=O)C21CCOCC1)C1CCCCCC1. The van der Waals surface area contributed by atoms with Crippen LogP contribution in [0.1, 0.15) is 73.0 Å². The fourth-order valence-corrected chi connectivity index (χ4v) is 5.57. The Kier molecular flexibility index (Phi) is 6.60. The van der Waals surface area contributed by atoms with Crippen molar-refractivity contribution in [1.82, 2.24) is 10.5 Å². The summed E-state index contributed by atoms with van der Waals surface area (Å²) in [6, 6.07) is 4.66. The van der Waals surface area contributed by atoms with Crippen molar-refractivity contribution in [3.8, 4) is 5.75 Å². The highest BCUT2D eigenvalue weighted by Gasteiger charge is 2.50. The Morgan fingerprint density at radius 2 is 1.86 bits per heavy atom. The van der Waals surface area contributed by atoms with Gasteiger partial charge in [0.2, 0.25) is 5.91 Å². The van der Waals surface area contributed by atoms with Crippen molar-refractivity contribution < 1.29 is 28.4 Å². The van der Waals surface area contributed by atoms with Crippen LogP contribution in [0.2, 0.25) is 0 Å². The average Bonchev–Trinajstić information content (AvgIpc) is 3.25. The van der Waals surface area contributed by atoms with E-state index in [2.05, 4.69) is 15.8 Å². The van der Waals surface area contributed by atoms with Crippen LogP contribution < -0.4 is 15.4 Å². The quantitative estimate of drug-likeness (QED) is 0.380. The fraction of sp³-hybridized carbons (Fsp3) is 0.538. The molecule has 1 spiro atoms. The van der Waals surface area contributed by atoms with Crippen LogP contribution in [0.3, 0.4) is 0 Å². The van der Waals surface area contributed by atoms with Gasteiger partial charge in [0.1, 0.15) is 29.0 Å². The van der Waals surface area contributed by atoms with Crippen LogP contribution in [0, 0.1) is 12.8 Å². The van der Waals surface area contributed by atoms with Crippen molar-refractivity contribution in [2.45, 2.75) is 69.7 Å². The lowest BCUT2D eigenvalue weighted by Gasteiger charge is -2.30. The van der Waals surface area contributed by atoms with Crippen LogP contribution >= 0.6 is 0 Å². The van der Waals surface area contributed by atoms with Crippen molar-refractivity contribution in [3.05, 3.63) is 41.3 Å². The number of hydrogen-bond acceptors (Lipinski definition) is 7. The molecule has 0 radical (unpaired) electrons. The minimum Gasteiger partial charge on any atom is -0.425 e. The number of benzene rings is 1. The Bertz CT molecular complexity index is 1110. The lowest BCUT2D eigenvalue weighted by Crippen LogP contribution is -2.48. The zero-order valence-corrected chi connectivity index (χ0v) is 19.9. The molecule has 0 bridgehead atoms. The Morgan fingerprint density at radius 1 is 1.11 bits per heavy atom. The van der Waals surface area contributed by atoms with Crippen molar-refractivity contribution in [3.63, 3.8) is 0 Å². The van der Waals surface area contributed by atoms with E-state index in [9.17, 15) is 14.4 Å². The summed E-state index contributed by atoms with van der Waals surface area (Å²) in [7, 11) is 0. The van der Waals surface area contributed by atoms with E-state index in [-0.39, 0.29) is 23.7 Å². The number of rotatable bonds is 5. The molecule has 2 aliphatic heterocycles. The molecule has 1 atom stereocenters. The first-order chi connectivity index (χ1) is 17.0. The van der Waals surface area contributed by atoms with Gasteiger partial charge in [0.25, 0.3) is 5.91 Å². The molecule has 9 nitrogen and oxygen atoms in total. The molecule has 1 unspecified atom stereocenters. The number of carbonyl (C=O) groups excluding carboxylic acids is 3. The van der Waals surface area contributed by atoms with Gasteiger partial charge in [-0.15, -0.1) is 0 Å². The first-order valence-electron chi connectivity index (χ1n) is 12.5. The smallest absolute Gasteiger partial charge is 0.322 e. The molecular weight excluding hydrogens is 450 g/mol.